The number of rotatable bonds is 6. The van der Waals surface area contributed by atoms with Crippen molar-refractivity contribution in [1.29, 1.82) is 0 Å². The smallest absolute Gasteiger partial charge is 0.341 e. The third-order valence-electron chi connectivity index (χ3n) is 4.32. The van der Waals surface area contributed by atoms with Gasteiger partial charge in [-0.05, 0) is 36.6 Å². The second-order valence-corrected chi connectivity index (χ2v) is 7.58. The van der Waals surface area contributed by atoms with E-state index in [-0.39, 0.29) is 12.2 Å². The van der Waals surface area contributed by atoms with Crippen LogP contribution in [0, 0.1) is 0 Å². The first-order chi connectivity index (χ1) is 13.4. The Morgan fingerprint density at radius 2 is 2.04 bits per heavy atom. The number of anilines is 1. The Balaban J connectivity index is 1.79. The minimum Gasteiger partial charge on any atom is -0.484 e. The summed E-state index contributed by atoms with van der Waals surface area (Å²) in [4.78, 5) is 37.6. The van der Waals surface area contributed by atoms with E-state index >= 15 is 0 Å². The van der Waals surface area contributed by atoms with Crippen LogP contribution in [0.5, 0.6) is 5.75 Å². The molecule has 0 fully saturated rings. The minimum absolute atomic E-state index is 0.200. The van der Waals surface area contributed by atoms with Gasteiger partial charge in [-0.2, -0.15) is 0 Å². The number of fused-ring (bicyclic) bond motifs is 1. The molecule has 1 aliphatic rings. The third kappa shape index (κ3) is 4.13. The summed E-state index contributed by atoms with van der Waals surface area (Å²) in [6, 6.07) is 6.68. The zero-order valence-electron chi connectivity index (χ0n) is 15.2. The fourth-order valence-corrected chi connectivity index (χ4v) is 4.57. The van der Waals surface area contributed by atoms with Crippen molar-refractivity contribution in [1.82, 2.24) is 0 Å². The summed E-state index contributed by atoms with van der Waals surface area (Å²) in [6.07, 6.45) is 1.18. The van der Waals surface area contributed by atoms with Crippen LogP contribution in [0.4, 0.5) is 5.00 Å². The van der Waals surface area contributed by atoms with Gasteiger partial charge >= 0.3 is 11.9 Å². The van der Waals surface area contributed by atoms with Crippen molar-refractivity contribution in [2.75, 3.05) is 26.1 Å². The van der Waals surface area contributed by atoms with Crippen LogP contribution >= 0.6 is 22.9 Å². The fraction of sp³-hybridized carbons (Fsp3) is 0.316. The first-order valence-electron chi connectivity index (χ1n) is 8.44. The number of benzene rings is 1. The van der Waals surface area contributed by atoms with Crippen molar-refractivity contribution in [2.24, 2.45) is 0 Å². The lowest BCUT2D eigenvalue weighted by atomic mass is 9.99. The number of carbonyl (C=O) groups is 3. The molecule has 1 heterocycles. The molecule has 28 heavy (non-hydrogen) atoms. The lowest BCUT2D eigenvalue weighted by Gasteiger charge is -2.12. The van der Waals surface area contributed by atoms with Crippen molar-refractivity contribution in [2.45, 2.75) is 18.8 Å². The second kappa shape index (κ2) is 8.62. The minimum atomic E-state index is -0.612. The van der Waals surface area contributed by atoms with E-state index in [1.807, 2.05) is 0 Å². The molecule has 1 amide bonds. The Morgan fingerprint density at radius 1 is 1.25 bits per heavy atom. The van der Waals surface area contributed by atoms with Crippen LogP contribution in [0.25, 0.3) is 0 Å². The SMILES string of the molecule is COC(=O)c1c(NC(=O)COc2cccc(Cl)c2)sc2c1[C@@H](C(=O)OC)CC2. The largest absolute Gasteiger partial charge is 0.484 e. The van der Waals surface area contributed by atoms with Crippen LogP contribution in [0.2, 0.25) is 5.02 Å². The van der Waals surface area contributed by atoms with E-state index in [0.717, 1.165) is 4.88 Å². The van der Waals surface area contributed by atoms with Crippen molar-refractivity contribution < 1.29 is 28.6 Å². The quantitative estimate of drug-likeness (QED) is 0.716. The summed E-state index contributed by atoms with van der Waals surface area (Å²) in [6.45, 7) is -0.260. The van der Waals surface area contributed by atoms with Crippen LogP contribution in [-0.4, -0.2) is 38.7 Å². The second-order valence-electron chi connectivity index (χ2n) is 6.04. The molecule has 0 radical (unpaired) electrons. The van der Waals surface area contributed by atoms with Crippen LogP contribution in [0.3, 0.4) is 0 Å². The van der Waals surface area contributed by atoms with Gasteiger partial charge in [0.05, 0.1) is 25.7 Å². The Hall–Kier alpha value is -2.58. The molecule has 1 aromatic heterocycles. The van der Waals surface area contributed by atoms with Gasteiger partial charge in [-0.25, -0.2) is 4.79 Å². The zero-order valence-corrected chi connectivity index (χ0v) is 16.8. The molecule has 3 rings (SSSR count). The van der Waals surface area contributed by atoms with E-state index in [4.69, 9.17) is 25.8 Å². The van der Waals surface area contributed by atoms with Crippen molar-refractivity contribution in [3.8, 4) is 5.75 Å². The van der Waals surface area contributed by atoms with Gasteiger partial charge in [-0.15, -0.1) is 11.3 Å². The number of halogens is 1. The van der Waals surface area contributed by atoms with Gasteiger partial charge in [-0.3, -0.25) is 9.59 Å². The molecule has 148 valence electrons. The van der Waals surface area contributed by atoms with Crippen LogP contribution in [-0.2, 0) is 25.5 Å². The molecule has 0 aliphatic heterocycles. The number of thiophene rings is 1. The maximum absolute atomic E-state index is 12.3. The van der Waals surface area contributed by atoms with Crippen molar-refractivity contribution >= 4 is 45.8 Å². The predicted octanol–water partition coefficient (Wildman–Crippen LogP) is 3.41. The highest BCUT2D eigenvalue weighted by molar-refractivity contribution is 7.17. The molecule has 1 aromatic carbocycles. The molecular formula is C19H18ClNO6S. The molecule has 2 aromatic rings. The maximum Gasteiger partial charge on any atom is 0.341 e. The molecule has 1 N–H and O–H groups in total. The van der Waals surface area contributed by atoms with Crippen LogP contribution < -0.4 is 10.1 Å². The first kappa shape index (κ1) is 20.2. The molecule has 1 atom stereocenters. The maximum atomic E-state index is 12.3. The number of amides is 1. The van der Waals surface area contributed by atoms with E-state index in [0.29, 0.717) is 34.2 Å². The molecule has 7 nitrogen and oxygen atoms in total. The zero-order chi connectivity index (χ0) is 20.3. The summed E-state index contributed by atoms with van der Waals surface area (Å²) in [5.74, 6) is -1.56. The number of hydrogen-bond acceptors (Lipinski definition) is 7. The van der Waals surface area contributed by atoms with E-state index in [2.05, 4.69) is 5.32 Å². The van der Waals surface area contributed by atoms with Gasteiger partial charge in [0.1, 0.15) is 10.8 Å². The monoisotopic (exact) mass is 423 g/mol. The van der Waals surface area contributed by atoms with Crippen molar-refractivity contribution in [3.05, 3.63) is 45.3 Å². The van der Waals surface area contributed by atoms with Gasteiger partial charge in [0.15, 0.2) is 6.61 Å². The summed E-state index contributed by atoms with van der Waals surface area (Å²) >= 11 is 7.15. The fourth-order valence-electron chi connectivity index (χ4n) is 3.10. The number of aryl methyl sites for hydroxylation is 1. The first-order valence-corrected chi connectivity index (χ1v) is 9.64. The highest BCUT2D eigenvalue weighted by atomic mass is 35.5. The number of carbonyl (C=O) groups excluding carboxylic acids is 3. The average Bonchev–Trinajstić information content (AvgIpc) is 3.24. The van der Waals surface area contributed by atoms with E-state index < -0.39 is 23.8 Å². The summed E-state index contributed by atoms with van der Waals surface area (Å²) in [5.41, 5.74) is 0.779. The van der Waals surface area contributed by atoms with E-state index in [1.54, 1.807) is 24.3 Å². The van der Waals surface area contributed by atoms with Crippen molar-refractivity contribution in [3.63, 3.8) is 0 Å². The molecule has 0 bridgehead atoms. The van der Waals surface area contributed by atoms with Gasteiger partial charge in [-0.1, -0.05) is 17.7 Å². The van der Waals surface area contributed by atoms with E-state index in [9.17, 15) is 14.4 Å². The Kier molecular flexibility index (Phi) is 6.21. The molecule has 0 spiro atoms. The number of esters is 2. The standard InChI is InChI=1S/C19H18ClNO6S/c1-25-18(23)12-6-7-13-15(12)16(19(24)26-2)17(28-13)21-14(22)9-27-11-5-3-4-10(20)8-11/h3-5,8,12H,6-7,9H2,1-2H3,(H,21,22)/t12-/m0/s1. The lowest BCUT2D eigenvalue weighted by Crippen LogP contribution is -2.22. The number of methoxy groups -OCH3 is 2. The Labute approximate surface area is 170 Å². The third-order valence-corrected chi connectivity index (χ3v) is 5.74. The van der Waals surface area contributed by atoms with Gasteiger partial charge in [0, 0.05) is 9.90 Å². The number of hydrogen-bond donors (Lipinski definition) is 1. The van der Waals surface area contributed by atoms with Gasteiger partial charge < -0.3 is 19.5 Å². The number of nitrogens with one attached hydrogen (secondary N) is 1. The highest BCUT2D eigenvalue weighted by Crippen LogP contribution is 2.45. The molecule has 0 saturated carbocycles. The Morgan fingerprint density at radius 3 is 2.71 bits per heavy atom. The molecular weight excluding hydrogens is 406 g/mol. The Bertz CT molecular complexity index is 925. The van der Waals surface area contributed by atoms with Crippen LogP contribution in [0.15, 0.2) is 24.3 Å². The summed E-state index contributed by atoms with van der Waals surface area (Å²) in [7, 11) is 2.56. The summed E-state index contributed by atoms with van der Waals surface area (Å²) in [5, 5.41) is 3.52. The number of ether oxygens (including phenoxy) is 3. The molecule has 1 aliphatic carbocycles. The topological polar surface area (TPSA) is 90.9 Å². The average molecular weight is 424 g/mol. The highest BCUT2D eigenvalue weighted by Gasteiger charge is 2.38. The van der Waals surface area contributed by atoms with Gasteiger partial charge in [0.2, 0.25) is 0 Å². The molecule has 9 heteroatoms. The van der Waals surface area contributed by atoms with Gasteiger partial charge in [0.25, 0.3) is 5.91 Å². The molecule has 0 unspecified atom stereocenters. The summed E-state index contributed by atoms with van der Waals surface area (Å²) < 4.78 is 15.1. The van der Waals surface area contributed by atoms with Crippen LogP contribution in [0.1, 0.15) is 33.1 Å². The normalized spacial score (nSPS) is 14.9. The predicted molar refractivity (Wildman–Crippen MR) is 104 cm³/mol. The molecule has 0 saturated heterocycles. The lowest BCUT2D eigenvalue weighted by molar-refractivity contribution is -0.142. The van der Waals surface area contributed by atoms with E-state index in [1.165, 1.54) is 25.6 Å².